The number of hydrogen-bond donors (Lipinski definition) is 2. The van der Waals surface area contributed by atoms with Gasteiger partial charge in [-0.15, -0.1) is 0 Å². The largest absolute Gasteiger partial charge is 0.469 e. The quantitative estimate of drug-likeness (QED) is 0.821. The van der Waals surface area contributed by atoms with E-state index in [2.05, 4.69) is 4.72 Å². The van der Waals surface area contributed by atoms with Crippen molar-refractivity contribution in [2.75, 3.05) is 24.7 Å². The van der Waals surface area contributed by atoms with E-state index in [9.17, 15) is 8.42 Å². The van der Waals surface area contributed by atoms with Crippen LogP contribution in [0.1, 0.15) is 11.3 Å². The summed E-state index contributed by atoms with van der Waals surface area (Å²) in [4.78, 5) is 2.01. The Morgan fingerprint density at radius 3 is 2.62 bits per heavy atom. The van der Waals surface area contributed by atoms with Gasteiger partial charge in [0.2, 0.25) is 10.0 Å². The predicted octanol–water partition coefficient (Wildman–Crippen LogP) is 1.71. The Morgan fingerprint density at radius 2 is 2.05 bits per heavy atom. The fourth-order valence-electron chi connectivity index (χ4n) is 2.09. The minimum Gasteiger partial charge on any atom is -0.469 e. The van der Waals surface area contributed by atoms with Crippen LogP contribution in [0, 0.1) is 6.92 Å². The summed E-state index contributed by atoms with van der Waals surface area (Å²) in [6.07, 6.45) is 1.62. The average Bonchev–Trinajstić information content (AvgIpc) is 2.84. The van der Waals surface area contributed by atoms with E-state index in [1.54, 1.807) is 18.4 Å². The van der Waals surface area contributed by atoms with Crippen molar-refractivity contribution in [2.45, 2.75) is 18.4 Å². The molecule has 1 heterocycles. The number of nitrogens with one attached hydrogen (secondary N) is 1. The molecule has 0 unspecified atom stereocenters. The van der Waals surface area contributed by atoms with Crippen molar-refractivity contribution in [1.29, 1.82) is 0 Å². The molecule has 0 fully saturated rings. The van der Waals surface area contributed by atoms with Gasteiger partial charge in [-0.25, -0.2) is 13.1 Å². The number of benzene rings is 1. The van der Waals surface area contributed by atoms with Crippen LogP contribution in [0.3, 0.4) is 0 Å². The Labute approximate surface area is 124 Å². The van der Waals surface area contributed by atoms with Crippen molar-refractivity contribution in [3.05, 3.63) is 41.9 Å². The molecule has 0 saturated heterocycles. The molecule has 0 spiro atoms. The number of hydrogen-bond acceptors (Lipinski definition) is 5. The van der Waals surface area contributed by atoms with Gasteiger partial charge in [0.1, 0.15) is 10.7 Å². The molecule has 21 heavy (non-hydrogen) atoms. The highest BCUT2D eigenvalue weighted by Gasteiger charge is 2.20. The monoisotopic (exact) mass is 309 g/mol. The summed E-state index contributed by atoms with van der Waals surface area (Å²) in [6, 6.07) is 6.72. The number of rotatable bonds is 5. The number of furan rings is 1. The van der Waals surface area contributed by atoms with Gasteiger partial charge in [0.25, 0.3) is 0 Å². The van der Waals surface area contributed by atoms with Gasteiger partial charge >= 0.3 is 0 Å². The summed E-state index contributed by atoms with van der Waals surface area (Å²) in [5.41, 5.74) is 7.70. The second-order valence-corrected chi connectivity index (χ2v) is 6.65. The Hall–Kier alpha value is -1.99. The third kappa shape index (κ3) is 3.20. The third-order valence-electron chi connectivity index (χ3n) is 3.33. The first-order valence-electron chi connectivity index (χ1n) is 6.42. The van der Waals surface area contributed by atoms with Gasteiger partial charge in [0, 0.05) is 24.8 Å². The van der Waals surface area contributed by atoms with E-state index < -0.39 is 10.0 Å². The first-order valence-corrected chi connectivity index (χ1v) is 7.90. The fourth-order valence-corrected chi connectivity index (χ4v) is 3.10. The summed E-state index contributed by atoms with van der Waals surface area (Å²) in [5.74, 6) is 0.815. The van der Waals surface area contributed by atoms with Gasteiger partial charge in [0.05, 0.1) is 12.0 Å². The van der Waals surface area contributed by atoms with Crippen molar-refractivity contribution in [1.82, 2.24) is 4.72 Å². The molecule has 1 aromatic heterocycles. The number of nitrogens with two attached hydrogens (primary N) is 1. The van der Waals surface area contributed by atoms with Crippen LogP contribution >= 0.6 is 0 Å². The molecule has 0 radical (unpaired) electrons. The first kappa shape index (κ1) is 15.4. The standard InChI is InChI=1S/C14H19N3O3S/c1-10-11(6-7-20-10)9-17(3)13-5-4-12(15)8-14(13)21(18,19)16-2/h4-8,16H,9,15H2,1-3H3. The maximum atomic E-state index is 12.1. The summed E-state index contributed by atoms with van der Waals surface area (Å²) in [7, 11) is -0.377. The van der Waals surface area contributed by atoms with Crippen molar-refractivity contribution in [2.24, 2.45) is 0 Å². The molecule has 0 saturated carbocycles. The Bertz CT molecular complexity index is 738. The van der Waals surface area contributed by atoms with Crippen molar-refractivity contribution in [3.63, 3.8) is 0 Å². The molecule has 0 aliphatic carbocycles. The third-order valence-corrected chi connectivity index (χ3v) is 4.77. The molecule has 0 aliphatic rings. The van der Waals surface area contributed by atoms with Gasteiger partial charge in [0.15, 0.2) is 0 Å². The summed E-state index contributed by atoms with van der Waals surface area (Å²) in [5, 5.41) is 0. The van der Waals surface area contributed by atoms with Crippen LogP contribution in [-0.4, -0.2) is 22.5 Å². The van der Waals surface area contributed by atoms with Crippen LogP contribution in [0.2, 0.25) is 0 Å². The van der Waals surface area contributed by atoms with E-state index in [0.29, 0.717) is 17.9 Å². The zero-order valence-corrected chi connectivity index (χ0v) is 13.1. The Morgan fingerprint density at radius 1 is 1.33 bits per heavy atom. The van der Waals surface area contributed by atoms with Gasteiger partial charge in [-0.3, -0.25) is 0 Å². The summed E-state index contributed by atoms with van der Waals surface area (Å²) in [6.45, 7) is 2.41. The maximum Gasteiger partial charge on any atom is 0.242 e. The maximum absolute atomic E-state index is 12.1. The molecular formula is C14H19N3O3S. The van der Waals surface area contributed by atoms with E-state index in [-0.39, 0.29) is 4.90 Å². The predicted molar refractivity (Wildman–Crippen MR) is 82.7 cm³/mol. The number of nitrogens with zero attached hydrogens (tertiary/aromatic N) is 1. The van der Waals surface area contributed by atoms with Gasteiger partial charge in [-0.2, -0.15) is 0 Å². The van der Waals surface area contributed by atoms with Crippen LogP contribution in [-0.2, 0) is 16.6 Å². The highest BCUT2D eigenvalue weighted by molar-refractivity contribution is 7.89. The topological polar surface area (TPSA) is 88.6 Å². The molecular weight excluding hydrogens is 290 g/mol. The second kappa shape index (κ2) is 5.79. The highest BCUT2D eigenvalue weighted by atomic mass is 32.2. The SMILES string of the molecule is CNS(=O)(=O)c1cc(N)ccc1N(C)Cc1ccoc1C. The molecule has 2 aromatic rings. The van der Waals surface area contributed by atoms with Gasteiger partial charge < -0.3 is 15.1 Å². The molecule has 1 aromatic carbocycles. The normalized spacial score (nSPS) is 11.6. The zero-order chi connectivity index (χ0) is 15.6. The van der Waals surface area contributed by atoms with E-state index in [4.69, 9.17) is 10.2 Å². The van der Waals surface area contributed by atoms with Crippen molar-refractivity contribution >= 4 is 21.4 Å². The summed E-state index contributed by atoms with van der Waals surface area (Å²) < 4.78 is 31.9. The van der Waals surface area contributed by atoms with Crippen molar-refractivity contribution < 1.29 is 12.8 Å². The lowest BCUT2D eigenvalue weighted by atomic mass is 10.2. The van der Waals surface area contributed by atoms with Crippen LogP contribution in [0.4, 0.5) is 11.4 Å². The lowest BCUT2D eigenvalue weighted by Crippen LogP contribution is -2.24. The lowest BCUT2D eigenvalue weighted by molar-refractivity contribution is 0.529. The van der Waals surface area contributed by atoms with Crippen LogP contribution in [0.15, 0.2) is 39.8 Å². The second-order valence-electron chi connectivity index (χ2n) is 4.79. The lowest BCUT2D eigenvalue weighted by Gasteiger charge is -2.22. The summed E-state index contributed by atoms with van der Waals surface area (Å²) >= 11 is 0. The van der Waals surface area contributed by atoms with Crippen LogP contribution in [0.5, 0.6) is 0 Å². The molecule has 114 valence electrons. The van der Waals surface area contributed by atoms with Gasteiger partial charge in [-0.1, -0.05) is 0 Å². The number of aryl methyl sites for hydroxylation is 1. The number of sulfonamides is 1. The molecule has 6 nitrogen and oxygen atoms in total. The highest BCUT2D eigenvalue weighted by Crippen LogP contribution is 2.28. The average molecular weight is 309 g/mol. The van der Waals surface area contributed by atoms with Crippen LogP contribution < -0.4 is 15.4 Å². The van der Waals surface area contributed by atoms with Crippen LogP contribution in [0.25, 0.3) is 0 Å². The minimum absolute atomic E-state index is 0.161. The zero-order valence-electron chi connectivity index (χ0n) is 12.3. The fraction of sp³-hybridized carbons (Fsp3) is 0.286. The number of anilines is 2. The number of nitrogen functional groups attached to an aromatic ring is 1. The molecule has 0 atom stereocenters. The van der Waals surface area contributed by atoms with Gasteiger partial charge in [-0.05, 0) is 38.2 Å². The van der Waals surface area contributed by atoms with E-state index in [0.717, 1.165) is 11.3 Å². The van der Waals surface area contributed by atoms with E-state index in [1.807, 2.05) is 24.9 Å². The molecule has 2 rings (SSSR count). The minimum atomic E-state index is -3.58. The molecule has 0 amide bonds. The molecule has 3 N–H and O–H groups in total. The molecule has 7 heteroatoms. The molecule has 0 aliphatic heterocycles. The Kier molecular flexibility index (Phi) is 4.24. The van der Waals surface area contributed by atoms with E-state index >= 15 is 0 Å². The van der Waals surface area contributed by atoms with Crippen molar-refractivity contribution in [3.8, 4) is 0 Å². The smallest absolute Gasteiger partial charge is 0.242 e. The Balaban J connectivity index is 2.42. The van der Waals surface area contributed by atoms with E-state index in [1.165, 1.54) is 13.1 Å². The first-order chi connectivity index (χ1) is 9.85. The molecule has 0 bridgehead atoms.